The summed E-state index contributed by atoms with van der Waals surface area (Å²) in [5, 5.41) is 12.9. The van der Waals surface area contributed by atoms with Crippen molar-refractivity contribution >= 4 is 5.97 Å². The molecule has 0 radical (unpaired) electrons. The average Bonchev–Trinajstić information content (AvgIpc) is 2.77. The number of carboxylic acids is 1. The molecule has 0 aliphatic rings. The predicted molar refractivity (Wildman–Crippen MR) is 79.1 cm³/mol. The van der Waals surface area contributed by atoms with E-state index in [9.17, 15) is 18.0 Å². The minimum Gasteiger partial charge on any atom is -0.480 e. The number of aryl methyl sites for hydroxylation is 1. The first-order valence-electron chi connectivity index (χ1n) is 6.96. The number of aliphatic carboxylic acids is 1. The monoisotopic (exact) mass is 326 g/mol. The van der Waals surface area contributed by atoms with Crippen LogP contribution in [0.25, 0.3) is 11.1 Å². The number of aromatic nitrogens is 2. The molecule has 0 unspecified atom stereocenters. The van der Waals surface area contributed by atoms with Crippen molar-refractivity contribution in [3.05, 3.63) is 41.7 Å². The van der Waals surface area contributed by atoms with Crippen LogP contribution in [0.4, 0.5) is 13.2 Å². The summed E-state index contributed by atoms with van der Waals surface area (Å²) < 4.78 is 40.9. The van der Waals surface area contributed by atoms with Crippen LogP contribution in [0, 0.1) is 6.92 Å². The van der Waals surface area contributed by atoms with E-state index in [-0.39, 0.29) is 12.1 Å². The molecule has 7 heteroatoms. The predicted octanol–water partition coefficient (Wildman–Crippen LogP) is 3.78. The molecule has 1 aromatic carbocycles. The van der Waals surface area contributed by atoms with Crippen molar-refractivity contribution < 1.29 is 23.1 Å². The first kappa shape index (κ1) is 17.1. The first-order chi connectivity index (χ1) is 10.5. The van der Waals surface area contributed by atoms with Crippen LogP contribution in [0.1, 0.15) is 25.1 Å². The molecule has 0 amide bonds. The number of carbonyl (C=O) groups is 1. The van der Waals surface area contributed by atoms with E-state index in [0.29, 0.717) is 16.8 Å². The highest BCUT2D eigenvalue weighted by molar-refractivity contribution is 5.69. The third-order valence-corrected chi connectivity index (χ3v) is 3.85. The number of hydrogen-bond acceptors (Lipinski definition) is 2. The number of benzene rings is 1. The molecule has 0 aliphatic heterocycles. The van der Waals surface area contributed by atoms with E-state index < -0.39 is 17.6 Å². The largest absolute Gasteiger partial charge is 0.480 e. The summed E-state index contributed by atoms with van der Waals surface area (Å²) in [5.74, 6) is -1.04. The van der Waals surface area contributed by atoms with Gasteiger partial charge in [-0.1, -0.05) is 24.3 Å². The molecule has 0 bridgehead atoms. The van der Waals surface area contributed by atoms with E-state index >= 15 is 0 Å². The van der Waals surface area contributed by atoms with E-state index in [1.165, 1.54) is 23.0 Å². The Labute approximate surface area is 131 Å². The Balaban J connectivity index is 2.45. The number of carboxylic acid groups (broad SMARTS) is 1. The zero-order valence-corrected chi connectivity index (χ0v) is 13.0. The zero-order valence-electron chi connectivity index (χ0n) is 13.0. The number of alkyl halides is 3. The Kier molecular flexibility index (Phi) is 4.24. The fourth-order valence-electron chi connectivity index (χ4n) is 2.26. The van der Waals surface area contributed by atoms with Crippen molar-refractivity contribution in [3.63, 3.8) is 0 Å². The molecule has 2 rings (SSSR count). The fourth-order valence-corrected chi connectivity index (χ4v) is 2.26. The van der Waals surface area contributed by atoms with Gasteiger partial charge in [0.25, 0.3) is 0 Å². The lowest BCUT2D eigenvalue weighted by molar-refractivity contribution is -0.180. The fraction of sp³-hybridized carbons (Fsp3) is 0.375. The van der Waals surface area contributed by atoms with Crippen LogP contribution in [-0.2, 0) is 16.8 Å². The molecule has 0 saturated carbocycles. The minimum absolute atomic E-state index is 0.146. The maximum atomic E-state index is 13.2. The molecule has 0 fully saturated rings. The summed E-state index contributed by atoms with van der Waals surface area (Å²) in [6.45, 7) is 3.66. The van der Waals surface area contributed by atoms with Gasteiger partial charge in [0.15, 0.2) is 0 Å². The summed E-state index contributed by atoms with van der Waals surface area (Å²) in [5.41, 5.74) is -0.0744. The Morgan fingerprint density at radius 3 is 2.52 bits per heavy atom. The van der Waals surface area contributed by atoms with Crippen molar-refractivity contribution in [2.24, 2.45) is 0 Å². The van der Waals surface area contributed by atoms with E-state index in [1.807, 2.05) is 0 Å². The molecule has 2 aromatic rings. The zero-order chi connectivity index (χ0) is 17.4. The maximum absolute atomic E-state index is 13.2. The molecule has 4 nitrogen and oxygen atoms in total. The number of hydrogen-bond donors (Lipinski definition) is 1. The highest BCUT2D eigenvalue weighted by Crippen LogP contribution is 2.41. The third-order valence-electron chi connectivity index (χ3n) is 3.85. The molecule has 0 aliphatic carbocycles. The van der Waals surface area contributed by atoms with E-state index in [0.717, 1.165) is 13.8 Å². The minimum atomic E-state index is -4.37. The molecule has 0 spiro atoms. The molecule has 1 heterocycles. The Morgan fingerprint density at radius 2 is 1.96 bits per heavy atom. The molecule has 0 atom stereocenters. The van der Waals surface area contributed by atoms with E-state index in [4.69, 9.17) is 5.11 Å². The molecule has 0 saturated heterocycles. The van der Waals surface area contributed by atoms with Gasteiger partial charge in [-0.15, -0.1) is 0 Å². The van der Waals surface area contributed by atoms with Crippen molar-refractivity contribution in [2.75, 3.05) is 0 Å². The van der Waals surface area contributed by atoms with Crippen molar-refractivity contribution in [1.29, 1.82) is 0 Å². The smallest absolute Gasteiger partial charge is 0.397 e. The van der Waals surface area contributed by atoms with Gasteiger partial charge < -0.3 is 5.11 Å². The SMILES string of the molecule is Cc1nn(CC(=O)O)cc1-c1cccc(C(C)(C)C(F)(F)F)c1. The lowest BCUT2D eigenvalue weighted by atomic mass is 9.82. The molecule has 23 heavy (non-hydrogen) atoms. The Morgan fingerprint density at radius 1 is 1.30 bits per heavy atom. The van der Waals surface area contributed by atoms with Crippen LogP contribution in [0.5, 0.6) is 0 Å². The van der Waals surface area contributed by atoms with Gasteiger partial charge in [0.05, 0.1) is 11.1 Å². The quantitative estimate of drug-likeness (QED) is 0.930. The summed E-state index contributed by atoms with van der Waals surface area (Å²) in [7, 11) is 0. The van der Waals surface area contributed by atoms with Gasteiger partial charge in [0, 0.05) is 11.8 Å². The van der Waals surface area contributed by atoms with Crippen molar-refractivity contribution in [3.8, 4) is 11.1 Å². The van der Waals surface area contributed by atoms with Crippen LogP contribution < -0.4 is 0 Å². The van der Waals surface area contributed by atoms with Gasteiger partial charge in [-0.3, -0.25) is 9.48 Å². The van der Waals surface area contributed by atoms with Gasteiger partial charge in [0.1, 0.15) is 6.54 Å². The molecule has 124 valence electrons. The second kappa shape index (κ2) is 5.72. The van der Waals surface area contributed by atoms with Gasteiger partial charge >= 0.3 is 12.1 Å². The Hall–Kier alpha value is -2.31. The summed E-state index contributed by atoms with van der Waals surface area (Å²) in [6.07, 6.45) is -2.84. The Bertz CT molecular complexity index is 733. The van der Waals surface area contributed by atoms with E-state index in [2.05, 4.69) is 5.10 Å². The molecular weight excluding hydrogens is 309 g/mol. The van der Waals surface area contributed by atoms with Gasteiger partial charge in [-0.05, 0) is 31.9 Å². The summed E-state index contributed by atoms with van der Waals surface area (Å²) in [6, 6.07) is 6.16. The van der Waals surface area contributed by atoms with Crippen molar-refractivity contribution in [2.45, 2.75) is 38.9 Å². The highest BCUT2D eigenvalue weighted by atomic mass is 19.4. The van der Waals surface area contributed by atoms with Crippen molar-refractivity contribution in [1.82, 2.24) is 9.78 Å². The highest BCUT2D eigenvalue weighted by Gasteiger charge is 2.48. The van der Waals surface area contributed by atoms with Gasteiger partial charge in [-0.2, -0.15) is 18.3 Å². The second-order valence-electron chi connectivity index (χ2n) is 5.92. The van der Waals surface area contributed by atoms with Crippen LogP contribution >= 0.6 is 0 Å². The lowest BCUT2D eigenvalue weighted by Crippen LogP contribution is -2.36. The van der Waals surface area contributed by atoms with Crippen LogP contribution in [0.2, 0.25) is 0 Å². The van der Waals surface area contributed by atoms with Gasteiger partial charge in [-0.25, -0.2) is 0 Å². The standard InChI is InChI=1S/C16H17F3N2O2/c1-10-13(8-21(20-10)9-14(22)23)11-5-4-6-12(7-11)15(2,3)16(17,18)19/h4-8H,9H2,1-3H3,(H,22,23). The average molecular weight is 326 g/mol. The first-order valence-corrected chi connectivity index (χ1v) is 6.96. The summed E-state index contributed by atoms with van der Waals surface area (Å²) >= 11 is 0. The molecule has 1 aromatic heterocycles. The van der Waals surface area contributed by atoms with Crippen LogP contribution in [0.3, 0.4) is 0 Å². The number of halogens is 3. The van der Waals surface area contributed by atoms with Crippen LogP contribution in [-0.4, -0.2) is 27.0 Å². The summed E-state index contributed by atoms with van der Waals surface area (Å²) in [4.78, 5) is 10.7. The normalized spacial score (nSPS) is 12.4. The second-order valence-corrected chi connectivity index (χ2v) is 5.92. The van der Waals surface area contributed by atoms with E-state index in [1.54, 1.807) is 19.1 Å². The van der Waals surface area contributed by atoms with Crippen LogP contribution in [0.15, 0.2) is 30.5 Å². The molecule has 1 N–H and O–H groups in total. The number of rotatable bonds is 4. The topological polar surface area (TPSA) is 55.1 Å². The lowest BCUT2D eigenvalue weighted by Gasteiger charge is -2.28. The maximum Gasteiger partial charge on any atom is 0.397 e. The third kappa shape index (κ3) is 3.38. The van der Waals surface area contributed by atoms with Gasteiger partial charge in [0.2, 0.25) is 0 Å². The molecular formula is C16H17F3N2O2. The number of nitrogens with zero attached hydrogens (tertiary/aromatic N) is 2.